The van der Waals surface area contributed by atoms with E-state index >= 15 is 0 Å². The maximum absolute atomic E-state index is 11.7. The Kier molecular flexibility index (Phi) is 9.72. The van der Waals surface area contributed by atoms with Crippen LogP contribution in [-0.4, -0.2) is 13.1 Å². The highest BCUT2D eigenvalue weighted by Gasteiger charge is 2.27. The lowest BCUT2D eigenvalue weighted by Crippen LogP contribution is -1.97. The van der Waals surface area contributed by atoms with Crippen molar-refractivity contribution >= 4 is 5.97 Å². The molecule has 0 amide bonds. The van der Waals surface area contributed by atoms with E-state index in [-0.39, 0.29) is 5.97 Å². The fraction of sp³-hybridized carbons (Fsp3) is 0.500. The number of carbonyl (C=O) groups excluding carboxylic acids is 1. The van der Waals surface area contributed by atoms with Crippen molar-refractivity contribution in [1.82, 2.24) is 0 Å². The molecule has 0 aromatic carbocycles. The Balaban J connectivity index is 1.67. The molecule has 0 aliphatic carbocycles. The van der Waals surface area contributed by atoms with Gasteiger partial charge in [0.25, 0.3) is 0 Å². The SMILES string of the molecule is COC1=C(C)C(=O)OC1=C[C@@H](C)CCC=C(C)CCC=C(C)CCCc1ccoc1. The third kappa shape index (κ3) is 7.74. The zero-order chi connectivity index (χ0) is 21.9. The van der Waals surface area contributed by atoms with Gasteiger partial charge in [-0.25, -0.2) is 4.79 Å². The second kappa shape index (κ2) is 12.3. The summed E-state index contributed by atoms with van der Waals surface area (Å²) in [6.07, 6.45) is 17.9. The fourth-order valence-electron chi connectivity index (χ4n) is 3.55. The number of furan rings is 1. The molecular formula is C26H36O4. The molecule has 0 fully saturated rings. The van der Waals surface area contributed by atoms with Crippen LogP contribution in [0, 0.1) is 5.92 Å². The van der Waals surface area contributed by atoms with Gasteiger partial charge in [-0.1, -0.05) is 30.2 Å². The zero-order valence-corrected chi connectivity index (χ0v) is 19.1. The average molecular weight is 413 g/mol. The van der Waals surface area contributed by atoms with Crippen molar-refractivity contribution in [3.05, 3.63) is 70.6 Å². The van der Waals surface area contributed by atoms with E-state index in [1.165, 1.54) is 23.1 Å². The first-order chi connectivity index (χ1) is 14.4. The summed E-state index contributed by atoms with van der Waals surface area (Å²) < 4.78 is 15.7. The van der Waals surface area contributed by atoms with Crippen molar-refractivity contribution < 1.29 is 18.7 Å². The smallest absolute Gasteiger partial charge is 0.343 e. The highest BCUT2D eigenvalue weighted by Crippen LogP contribution is 2.28. The lowest BCUT2D eigenvalue weighted by atomic mass is 10.0. The lowest BCUT2D eigenvalue weighted by molar-refractivity contribution is -0.133. The monoisotopic (exact) mass is 412 g/mol. The van der Waals surface area contributed by atoms with Gasteiger partial charge in [-0.3, -0.25) is 0 Å². The zero-order valence-electron chi connectivity index (χ0n) is 19.1. The van der Waals surface area contributed by atoms with Gasteiger partial charge in [0.1, 0.15) is 0 Å². The van der Waals surface area contributed by atoms with Gasteiger partial charge in [-0.05, 0) is 89.3 Å². The molecule has 0 bridgehead atoms. The molecule has 0 saturated carbocycles. The van der Waals surface area contributed by atoms with Crippen LogP contribution in [0.4, 0.5) is 0 Å². The van der Waals surface area contributed by atoms with Gasteiger partial charge in [0.05, 0.1) is 25.2 Å². The van der Waals surface area contributed by atoms with Crippen molar-refractivity contribution in [2.24, 2.45) is 5.92 Å². The van der Waals surface area contributed by atoms with Crippen LogP contribution in [0.25, 0.3) is 0 Å². The van der Waals surface area contributed by atoms with Gasteiger partial charge in [-0.15, -0.1) is 0 Å². The van der Waals surface area contributed by atoms with Crippen LogP contribution >= 0.6 is 0 Å². The summed E-state index contributed by atoms with van der Waals surface area (Å²) in [7, 11) is 1.57. The highest BCUT2D eigenvalue weighted by molar-refractivity contribution is 5.93. The fourth-order valence-corrected chi connectivity index (χ4v) is 3.55. The van der Waals surface area contributed by atoms with Crippen molar-refractivity contribution in [3.63, 3.8) is 0 Å². The molecule has 1 aliphatic rings. The predicted molar refractivity (Wildman–Crippen MR) is 121 cm³/mol. The molecule has 1 atom stereocenters. The van der Waals surface area contributed by atoms with E-state index in [2.05, 4.69) is 32.9 Å². The molecule has 4 heteroatoms. The van der Waals surface area contributed by atoms with E-state index in [9.17, 15) is 4.79 Å². The normalized spacial score (nSPS) is 17.6. The van der Waals surface area contributed by atoms with Gasteiger partial charge >= 0.3 is 5.97 Å². The summed E-state index contributed by atoms with van der Waals surface area (Å²) in [5.74, 6) is 1.11. The minimum Gasteiger partial charge on any atom is -0.492 e. The van der Waals surface area contributed by atoms with E-state index < -0.39 is 0 Å². The van der Waals surface area contributed by atoms with E-state index in [1.807, 2.05) is 18.4 Å². The van der Waals surface area contributed by atoms with Crippen molar-refractivity contribution in [3.8, 4) is 0 Å². The summed E-state index contributed by atoms with van der Waals surface area (Å²) in [5.41, 5.74) is 4.71. The van der Waals surface area contributed by atoms with Crippen LogP contribution in [0.3, 0.4) is 0 Å². The first-order valence-corrected chi connectivity index (χ1v) is 10.9. The van der Waals surface area contributed by atoms with E-state index in [0.717, 1.165) is 38.5 Å². The number of esters is 1. The van der Waals surface area contributed by atoms with Gasteiger partial charge in [0.15, 0.2) is 11.5 Å². The van der Waals surface area contributed by atoms with Crippen LogP contribution in [-0.2, 0) is 20.7 Å². The summed E-state index contributed by atoms with van der Waals surface area (Å²) >= 11 is 0. The van der Waals surface area contributed by atoms with Crippen molar-refractivity contribution in [1.29, 1.82) is 0 Å². The van der Waals surface area contributed by atoms with Crippen molar-refractivity contribution in [2.45, 2.75) is 72.6 Å². The van der Waals surface area contributed by atoms with E-state index in [4.69, 9.17) is 13.9 Å². The number of methoxy groups -OCH3 is 1. The molecule has 164 valence electrons. The molecule has 1 aromatic rings. The Morgan fingerprint density at radius 2 is 1.90 bits per heavy atom. The first-order valence-electron chi connectivity index (χ1n) is 10.9. The number of carbonyl (C=O) groups is 1. The quantitative estimate of drug-likeness (QED) is 0.272. The minimum absolute atomic E-state index is 0.310. The Hall–Kier alpha value is -2.49. The maximum atomic E-state index is 11.7. The predicted octanol–water partition coefficient (Wildman–Crippen LogP) is 7.05. The summed E-state index contributed by atoms with van der Waals surface area (Å²) in [5, 5.41) is 0. The van der Waals surface area contributed by atoms with Crippen LogP contribution in [0.2, 0.25) is 0 Å². The number of hydrogen-bond donors (Lipinski definition) is 0. The molecule has 0 spiro atoms. The molecule has 2 rings (SSSR count). The highest BCUT2D eigenvalue weighted by atomic mass is 16.6. The van der Waals surface area contributed by atoms with Gasteiger partial charge in [0.2, 0.25) is 0 Å². The van der Waals surface area contributed by atoms with Crippen LogP contribution in [0.15, 0.2) is 69.5 Å². The van der Waals surface area contributed by atoms with Crippen molar-refractivity contribution in [2.75, 3.05) is 7.11 Å². The molecule has 0 saturated heterocycles. The number of aryl methyl sites for hydroxylation is 1. The van der Waals surface area contributed by atoms with E-state index in [1.54, 1.807) is 20.3 Å². The molecule has 0 N–H and O–H groups in total. The largest absolute Gasteiger partial charge is 0.492 e. The molecule has 1 aliphatic heterocycles. The molecule has 2 heterocycles. The molecule has 0 unspecified atom stereocenters. The summed E-state index contributed by atoms with van der Waals surface area (Å²) in [6.45, 7) is 8.30. The molecule has 1 aromatic heterocycles. The van der Waals surface area contributed by atoms with Crippen LogP contribution in [0.5, 0.6) is 0 Å². The molecule has 4 nitrogen and oxygen atoms in total. The standard InChI is InChI=1S/C26H36O4/c1-19(9-6-10-20(2)12-8-14-23-15-16-29-18-23)11-7-13-21(3)17-24-25(28-5)22(4)26(27)30-24/h10-11,15-18,21H,6-9,12-14H2,1-5H3/t21-/m0/s1. The molecular weight excluding hydrogens is 376 g/mol. The number of ether oxygens (including phenoxy) is 2. The van der Waals surface area contributed by atoms with Gasteiger partial charge in [0, 0.05) is 0 Å². The topological polar surface area (TPSA) is 48.7 Å². The summed E-state index contributed by atoms with van der Waals surface area (Å²) in [4.78, 5) is 11.7. The third-order valence-electron chi connectivity index (χ3n) is 5.48. The Morgan fingerprint density at radius 3 is 2.60 bits per heavy atom. The second-order valence-corrected chi connectivity index (χ2v) is 8.26. The Labute approximate surface area is 181 Å². The Bertz CT molecular complexity index is 806. The third-order valence-corrected chi connectivity index (χ3v) is 5.48. The first kappa shape index (κ1) is 23.8. The number of allylic oxidation sites excluding steroid dienone is 5. The molecule has 30 heavy (non-hydrogen) atoms. The lowest BCUT2D eigenvalue weighted by Gasteiger charge is -2.08. The van der Waals surface area contributed by atoms with Crippen LogP contribution < -0.4 is 0 Å². The maximum Gasteiger partial charge on any atom is 0.343 e. The molecule has 0 radical (unpaired) electrons. The van der Waals surface area contributed by atoms with Gasteiger partial charge in [-0.2, -0.15) is 0 Å². The van der Waals surface area contributed by atoms with Crippen LogP contribution in [0.1, 0.15) is 71.8 Å². The van der Waals surface area contributed by atoms with Gasteiger partial charge < -0.3 is 13.9 Å². The number of cyclic esters (lactones) is 1. The number of hydrogen-bond acceptors (Lipinski definition) is 4. The second-order valence-electron chi connectivity index (χ2n) is 8.26. The minimum atomic E-state index is -0.314. The number of rotatable bonds is 12. The summed E-state index contributed by atoms with van der Waals surface area (Å²) in [6, 6.07) is 2.04. The average Bonchev–Trinajstić information content (AvgIpc) is 3.30. The van der Waals surface area contributed by atoms with E-state index in [0.29, 0.717) is 23.0 Å². The Morgan fingerprint density at radius 1 is 1.17 bits per heavy atom.